The van der Waals surface area contributed by atoms with Gasteiger partial charge in [0.1, 0.15) is 0 Å². The highest BCUT2D eigenvalue weighted by atomic mass is 15.3. The van der Waals surface area contributed by atoms with Crippen LogP contribution in [0, 0.1) is 6.92 Å². The van der Waals surface area contributed by atoms with E-state index in [-0.39, 0.29) is 0 Å². The van der Waals surface area contributed by atoms with Crippen LogP contribution >= 0.6 is 0 Å². The van der Waals surface area contributed by atoms with Gasteiger partial charge in [-0.15, -0.1) is 20.4 Å². The Labute approximate surface area is 53.3 Å². The van der Waals surface area contributed by atoms with Gasteiger partial charge in [-0.3, -0.25) is 0 Å². The van der Waals surface area contributed by atoms with E-state index in [1.54, 1.807) is 6.92 Å². The fraction of sp³-hybridized carbons (Fsp3) is 0.600. The van der Waals surface area contributed by atoms with E-state index in [9.17, 15) is 0 Å². The molecule has 0 aromatic carbocycles. The molecule has 48 valence electrons. The van der Waals surface area contributed by atoms with Crippen LogP contribution < -0.4 is 0 Å². The van der Waals surface area contributed by atoms with Crippen molar-refractivity contribution in [2.24, 2.45) is 0 Å². The topological polar surface area (TPSA) is 51.6 Å². The second-order valence-corrected chi connectivity index (χ2v) is 1.72. The summed E-state index contributed by atoms with van der Waals surface area (Å²) in [7, 11) is 0. The lowest BCUT2D eigenvalue weighted by molar-refractivity contribution is 0.737. The van der Waals surface area contributed by atoms with E-state index in [2.05, 4.69) is 20.4 Å². The highest BCUT2D eigenvalue weighted by Gasteiger charge is 1.91. The maximum atomic E-state index is 3.77. The molecule has 9 heavy (non-hydrogen) atoms. The van der Waals surface area contributed by atoms with Gasteiger partial charge in [0, 0.05) is 6.42 Å². The van der Waals surface area contributed by atoms with Gasteiger partial charge in [-0.1, -0.05) is 6.92 Å². The summed E-state index contributed by atoms with van der Waals surface area (Å²) in [5.74, 6) is 1.31. The molecule has 1 heterocycles. The molecule has 0 amide bonds. The van der Waals surface area contributed by atoms with Crippen LogP contribution in [-0.4, -0.2) is 20.4 Å². The lowest BCUT2D eigenvalue weighted by atomic mass is 10.5. The first-order chi connectivity index (χ1) is 4.33. The number of nitrogens with zero attached hydrogens (tertiary/aromatic N) is 4. The largest absolute Gasteiger partial charge is 0.173 e. The molecular weight excluding hydrogens is 116 g/mol. The first-order valence-electron chi connectivity index (χ1n) is 2.86. The summed E-state index contributed by atoms with van der Waals surface area (Å²) < 4.78 is 0. The first kappa shape index (κ1) is 6.07. The van der Waals surface area contributed by atoms with Crippen LogP contribution in [0.1, 0.15) is 18.6 Å². The van der Waals surface area contributed by atoms with Crippen LogP contribution in [0.2, 0.25) is 0 Å². The molecule has 0 aliphatic heterocycles. The quantitative estimate of drug-likeness (QED) is 0.534. The van der Waals surface area contributed by atoms with Crippen LogP contribution in [0.4, 0.5) is 0 Å². The minimum atomic E-state index is 0.618. The normalized spacial score (nSPS) is 9.56. The highest BCUT2D eigenvalue weighted by molar-refractivity contribution is 4.77. The average Bonchev–Trinajstić information content (AvgIpc) is 1.90. The van der Waals surface area contributed by atoms with Gasteiger partial charge in [-0.05, 0) is 6.92 Å². The van der Waals surface area contributed by atoms with Crippen molar-refractivity contribution in [2.75, 3.05) is 0 Å². The van der Waals surface area contributed by atoms with Crippen LogP contribution in [0.15, 0.2) is 0 Å². The number of hydrogen-bond donors (Lipinski definition) is 0. The maximum absolute atomic E-state index is 3.77. The van der Waals surface area contributed by atoms with Gasteiger partial charge in [0.05, 0.1) is 0 Å². The Kier molecular flexibility index (Phi) is 1.67. The molecule has 0 spiro atoms. The third-order valence-corrected chi connectivity index (χ3v) is 0.937. The Morgan fingerprint density at radius 1 is 1.11 bits per heavy atom. The minimum absolute atomic E-state index is 0.618. The van der Waals surface area contributed by atoms with Gasteiger partial charge in [0.15, 0.2) is 11.6 Å². The lowest BCUT2D eigenvalue weighted by Gasteiger charge is -1.89. The van der Waals surface area contributed by atoms with Crippen molar-refractivity contribution >= 4 is 0 Å². The molecule has 0 saturated carbocycles. The summed E-state index contributed by atoms with van der Waals surface area (Å²) in [4.78, 5) is 0. The fourth-order valence-electron chi connectivity index (χ4n) is 0.442. The summed E-state index contributed by atoms with van der Waals surface area (Å²) >= 11 is 0. The second kappa shape index (κ2) is 2.48. The van der Waals surface area contributed by atoms with Crippen molar-refractivity contribution in [1.82, 2.24) is 20.4 Å². The molecule has 0 bridgehead atoms. The van der Waals surface area contributed by atoms with Crippen molar-refractivity contribution in [1.29, 1.82) is 0 Å². The second-order valence-electron chi connectivity index (χ2n) is 1.72. The Morgan fingerprint density at radius 2 is 1.67 bits per heavy atom. The van der Waals surface area contributed by atoms with Gasteiger partial charge in [0.25, 0.3) is 0 Å². The molecule has 0 aliphatic carbocycles. The van der Waals surface area contributed by atoms with Gasteiger partial charge in [-0.2, -0.15) is 0 Å². The zero-order chi connectivity index (χ0) is 6.69. The van der Waals surface area contributed by atoms with Crippen molar-refractivity contribution in [2.45, 2.75) is 20.3 Å². The van der Waals surface area contributed by atoms with E-state index in [1.807, 2.05) is 6.92 Å². The van der Waals surface area contributed by atoms with Crippen molar-refractivity contribution in [3.8, 4) is 0 Å². The van der Waals surface area contributed by atoms with E-state index in [0.717, 1.165) is 6.42 Å². The molecule has 0 saturated heterocycles. The van der Waals surface area contributed by atoms with Crippen LogP contribution in [0.3, 0.4) is 0 Å². The van der Waals surface area contributed by atoms with E-state index < -0.39 is 0 Å². The van der Waals surface area contributed by atoms with Gasteiger partial charge < -0.3 is 0 Å². The molecule has 1 aromatic rings. The van der Waals surface area contributed by atoms with Crippen molar-refractivity contribution in [3.63, 3.8) is 0 Å². The molecule has 0 aliphatic rings. The minimum Gasteiger partial charge on any atom is -0.132 e. The summed E-state index contributed by atoms with van der Waals surface area (Å²) in [6.45, 7) is 3.73. The molecule has 0 unspecified atom stereocenters. The zero-order valence-corrected chi connectivity index (χ0v) is 5.50. The summed E-state index contributed by atoms with van der Waals surface area (Å²) in [6, 6.07) is 0. The van der Waals surface area contributed by atoms with E-state index in [4.69, 9.17) is 0 Å². The number of hydrogen-bond acceptors (Lipinski definition) is 4. The SMILES string of the molecule is CCc1nnc(C)nn1. The zero-order valence-electron chi connectivity index (χ0n) is 5.50. The predicted molar refractivity (Wildman–Crippen MR) is 31.7 cm³/mol. The average molecular weight is 124 g/mol. The van der Waals surface area contributed by atoms with Crippen molar-refractivity contribution < 1.29 is 0 Å². The molecule has 4 nitrogen and oxygen atoms in total. The molecule has 0 radical (unpaired) electrons. The Balaban J connectivity index is 2.88. The van der Waals surface area contributed by atoms with Crippen molar-refractivity contribution in [3.05, 3.63) is 11.6 Å². The van der Waals surface area contributed by atoms with E-state index in [1.165, 1.54) is 0 Å². The fourth-order valence-corrected chi connectivity index (χ4v) is 0.442. The third-order valence-electron chi connectivity index (χ3n) is 0.937. The molecule has 0 atom stereocenters. The lowest BCUT2D eigenvalue weighted by Crippen LogP contribution is -2.00. The Morgan fingerprint density at radius 3 is 2.11 bits per heavy atom. The van der Waals surface area contributed by atoms with Crippen LogP contribution in [-0.2, 0) is 6.42 Å². The Hall–Kier alpha value is -1.06. The monoisotopic (exact) mass is 124 g/mol. The van der Waals surface area contributed by atoms with Crippen LogP contribution in [0.5, 0.6) is 0 Å². The van der Waals surface area contributed by atoms with E-state index in [0.29, 0.717) is 11.6 Å². The Bertz CT molecular complexity index is 181. The molecular formula is C5H8N4. The predicted octanol–water partition coefficient (Wildman–Crippen LogP) is 0.137. The van der Waals surface area contributed by atoms with E-state index >= 15 is 0 Å². The smallest absolute Gasteiger partial charge is 0.132 e. The summed E-state index contributed by atoms with van der Waals surface area (Å²) in [6.07, 6.45) is 0.792. The number of aryl methyl sites for hydroxylation is 2. The van der Waals surface area contributed by atoms with Gasteiger partial charge in [-0.25, -0.2) is 0 Å². The standard InChI is InChI=1S/C5H8N4/c1-3-5-8-6-4(2)7-9-5/h3H2,1-2H3. The number of rotatable bonds is 1. The molecule has 1 aromatic heterocycles. The molecule has 1 rings (SSSR count). The summed E-state index contributed by atoms with van der Waals surface area (Å²) in [5, 5.41) is 15.0. The maximum Gasteiger partial charge on any atom is 0.173 e. The third kappa shape index (κ3) is 1.42. The highest BCUT2D eigenvalue weighted by Crippen LogP contribution is 1.83. The first-order valence-corrected chi connectivity index (χ1v) is 2.86. The van der Waals surface area contributed by atoms with Crippen LogP contribution in [0.25, 0.3) is 0 Å². The molecule has 0 N–H and O–H groups in total. The molecule has 4 heteroatoms. The molecule has 0 fully saturated rings. The van der Waals surface area contributed by atoms with Gasteiger partial charge in [0.2, 0.25) is 0 Å². The summed E-state index contributed by atoms with van der Waals surface area (Å²) in [5.41, 5.74) is 0. The van der Waals surface area contributed by atoms with Gasteiger partial charge >= 0.3 is 0 Å². The number of aromatic nitrogens is 4.